The lowest BCUT2D eigenvalue weighted by Crippen LogP contribution is -2.21. The lowest BCUT2D eigenvalue weighted by Gasteiger charge is -2.08. The lowest BCUT2D eigenvalue weighted by atomic mass is 10.2. The third kappa shape index (κ3) is 4.53. The highest BCUT2D eigenvalue weighted by Crippen LogP contribution is 2.23. The molecule has 1 N–H and O–H groups in total. The van der Waals surface area contributed by atoms with E-state index >= 15 is 0 Å². The van der Waals surface area contributed by atoms with Crippen molar-refractivity contribution in [2.75, 3.05) is 11.9 Å². The highest BCUT2D eigenvalue weighted by Gasteiger charge is 2.22. The second-order valence-electron chi connectivity index (χ2n) is 4.70. The molecule has 0 aliphatic carbocycles. The zero-order chi connectivity index (χ0) is 18.4. The number of nitrogens with zero attached hydrogens (tertiary/aromatic N) is 2. The van der Waals surface area contributed by atoms with Crippen LogP contribution in [-0.2, 0) is 9.53 Å². The number of hydrogen-bond acceptors (Lipinski definition) is 6. The molecule has 2 aromatic carbocycles. The first-order chi connectivity index (χ1) is 11.9. The summed E-state index contributed by atoms with van der Waals surface area (Å²) in [5.41, 5.74) is -0.334. The maximum Gasteiger partial charge on any atom is 0.345 e. The van der Waals surface area contributed by atoms with Gasteiger partial charge in [-0.1, -0.05) is 23.7 Å². The van der Waals surface area contributed by atoms with E-state index in [9.17, 15) is 19.7 Å². The van der Waals surface area contributed by atoms with Crippen LogP contribution in [0.3, 0.4) is 0 Å². The number of halogens is 1. The minimum Gasteiger partial charge on any atom is -0.452 e. The van der Waals surface area contributed by atoms with E-state index in [-0.39, 0.29) is 21.8 Å². The number of esters is 1. The molecule has 1 amide bonds. The predicted octanol–water partition coefficient (Wildman–Crippen LogP) is 2.92. The van der Waals surface area contributed by atoms with Gasteiger partial charge in [-0.05, 0) is 24.3 Å². The van der Waals surface area contributed by atoms with Crippen molar-refractivity contribution in [1.82, 2.24) is 0 Å². The average molecular weight is 360 g/mol. The number of amides is 1. The quantitative estimate of drug-likeness (QED) is 0.497. The Bertz CT molecular complexity index is 892. The van der Waals surface area contributed by atoms with E-state index in [4.69, 9.17) is 21.6 Å². The summed E-state index contributed by atoms with van der Waals surface area (Å²) in [6.07, 6.45) is 0. The van der Waals surface area contributed by atoms with Crippen molar-refractivity contribution in [3.8, 4) is 6.07 Å². The van der Waals surface area contributed by atoms with Gasteiger partial charge in [-0.2, -0.15) is 5.26 Å². The summed E-state index contributed by atoms with van der Waals surface area (Å²) >= 11 is 5.73. The van der Waals surface area contributed by atoms with Gasteiger partial charge in [0.05, 0.1) is 16.2 Å². The summed E-state index contributed by atoms with van der Waals surface area (Å²) < 4.78 is 4.78. The van der Waals surface area contributed by atoms with Crippen LogP contribution < -0.4 is 5.32 Å². The van der Waals surface area contributed by atoms with Crippen LogP contribution in [0, 0.1) is 21.4 Å². The number of carbonyl (C=O) groups is 2. The van der Waals surface area contributed by atoms with Gasteiger partial charge < -0.3 is 10.1 Å². The van der Waals surface area contributed by atoms with Gasteiger partial charge in [-0.3, -0.25) is 14.9 Å². The van der Waals surface area contributed by atoms with Crippen LogP contribution in [0.2, 0.25) is 5.02 Å². The predicted molar refractivity (Wildman–Crippen MR) is 88.2 cm³/mol. The van der Waals surface area contributed by atoms with E-state index in [2.05, 4.69) is 5.32 Å². The standard InChI is InChI=1S/C16H10ClN3O5/c17-11-5-6-14(20(23)24)12(7-11)16(22)25-9-15(21)19-13-4-2-1-3-10(13)8-18/h1-7H,9H2,(H,19,21). The highest BCUT2D eigenvalue weighted by atomic mass is 35.5. The molecule has 25 heavy (non-hydrogen) atoms. The number of nitrogens with one attached hydrogen (secondary N) is 1. The van der Waals surface area contributed by atoms with Gasteiger partial charge in [-0.15, -0.1) is 0 Å². The Balaban J connectivity index is 2.05. The van der Waals surface area contributed by atoms with Gasteiger partial charge in [0.1, 0.15) is 11.6 Å². The van der Waals surface area contributed by atoms with Gasteiger partial charge in [0, 0.05) is 11.1 Å². The van der Waals surface area contributed by atoms with Crippen molar-refractivity contribution in [3.63, 3.8) is 0 Å². The van der Waals surface area contributed by atoms with E-state index in [1.54, 1.807) is 12.1 Å². The fourth-order valence-corrected chi connectivity index (χ4v) is 2.09. The van der Waals surface area contributed by atoms with Crippen LogP contribution in [0.1, 0.15) is 15.9 Å². The number of nitro groups is 1. The molecule has 2 rings (SSSR count). The van der Waals surface area contributed by atoms with Crippen LogP contribution in [-0.4, -0.2) is 23.4 Å². The molecule has 0 fully saturated rings. The van der Waals surface area contributed by atoms with E-state index in [1.165, 1.54) is 18.2 Å². The van der Waals surface area contributed by atoms with Crippen LogP contribution in [0.25, 0.3) is 0 Å². The summed E-state index contributed by atoms with van der Waals surface area (Å²) in [6.45, 7) is -0.678. The number of para-hydroxylation sites is 1. The molecule has 0 bridgehead atoms. The number of carbonyl (C=O) groups excluding carboxylic acids is 2. The fraction of sp³-hybridized carbons (Fsp3) is 0.0625. The van der Waals surface area contributed by atoms with Crippen LogP contribution in [0.5, 0.6) is 0 Å². The number of benzene rings is 2. The molecule has 0 unspecified atom stereocenters. The number of anilines is 1. The largest absolute Gasteiger partial charge is 0.452 e. The maximum atomic E-state index is 12.0. The Labute approximate surface area is 146 Å². The van der Waals surface area contributed by atoms with Crippen LogP contribution in [0.15, 0.2) is 42.5 Å². The SMILES string of the molecule is N#Cc1ccccc1NC(=O)COC(=O)c1cc(Cl)ccc1[N+](=O)[O-]. The van der Waals surface area contributed by atoms with Crippen molar-refractivity contribution in [1.29, 1.82) is 5.26 Å². The smallest absolute Gasteiger partial charge is 0.345 e. The molecule has 0 aliphatic heterocycles. The first-order valence-corrected chi connectivity index (χ1v) is 7.20. The number of ether oxygens (including phenoxy) is 1. The third-order valence-corrected chi connectivity index (χ3v) is 3.27. The first kappa shape index (κ1) is 17.9. The zero-order valence-electron chi connectivity index (χ0n) is 12.6. The number of rotatable bonds is 5. The van der Waals surface area contributed by atoms with Crippen molar-refractivity contribution in [3.05, 3.63) is 68.7 Å². The molecule has 9 heteroatoms. The minimum atomic E-state index is -1.06. The summed E-state index contributed by atoms with van der Waals surface area (Å²) in [4.78, 5) is 34.0. The summed E-state index contributed by atoms with van der Waals surface area (Å²) in [7, 11) is 0. The number of hydrogen-bond donors (Lipinski definition) is 1. The van der Waals surface area contributed by atoms with E-state index in [0.717, 1.165) is 12.1 Å². The Kier molecular flexibility index (Phi) is 5.66. The Morgan fingerprint density at radius 2 is 2.00 bits per heavy atom. The van der Waals surface area contributed by atoms with E-state index < -0.39 is 29.1 Å². The lowest BCUT2D eigenvalue weighted by molar-refractivity contribution is -0.385. The third-order valence-electron chi connectivity index (χ3n) is 3.03. The average Bonchev–Trinajstić information content (AvgIpc) is 2.59. The molecule has 0 saturated carbocycles. The van der Waals surface area contributed by atoms with E-state index in [1.807, 2.05) is 6.07 Å². The highest BCUT2D eigenvalue weighted by molar-refractivity contribution is 6.31. The molecule has 0 spiro atoms. The van der Waals surface area contributed by atoms with Crippen molar-refractivity contribution >= 4 is 34.9 Å². The maximum absolute atomic E-state index is 12.0. The Hall–Kier alpha value is -3.44. The second-order valence-corrected chi connectivity index (χ2v) is 5.14. The molecule has 0 aromatic heterocycles. The van der Waals surface area contributed by atoms with Gasteiger partial charge >= 0.3 is 5.97 Å². The number of nitriles is 1. The van der Waals surface area contributed by atoms with Crippen LogP contribution >= 0.6 is 11.6 Å². The molecule has 8 nitrogen and oxygen atoms in total. The monoisotopic (exact) mass is 359 g/mol. The van der Waals surface area contributed by atoms with Gasteiger partial charge in [0.15, 0.2) is 6.61 Å². The first-order valence-electron chi connectivity index (χ1n) is 6.82. The second kappa shape index (κ2) is 7.90. The van der Waals surface area contributed by atoms with Crippen molar-refractivity contribution in [2.24, 2.45) is 0 Å². The summed E-state index contributed by atoms with van der Waals surface area (Å²) in [6, 6.07) is 11.6. The number of nitro benzene ring substituents is 1. The molecule has 0 saturated heterocycles. The molecule has 0 atom stereocenters. The van der Waals surface area contributed by atoms with Crippen molar-refractivity contribution in [2.45, 2.75) is 0 Å². The topological polar surface area (TPSA) is 122 Å². The normalized spacial score (nSPS) is 9.76. The zero-order valence-corrected chi connectivity index (χ0v) is 13.3. The molecule has 126 valence electrons. The van der Waals surface area contributed by atoms with Crippen molar-refractivity contribution < 1.29 is 19.2 Å². The molecule has 0 radical (unpaired) electrons. The van der Waals surface area contributed by atoms with E-state index in [0.29, 0.717) is 0 Å². The summed E-state index contributed by atoms with van der Waals surface area (Å²) in [5, 5.41) is 22.4. The van der Waals surface area contributed by atoms with Gasteiger partial charge in [0.25, 0.3) is 11.6 Å². The fourth-order valence-electron chi connectivity index (χ4n) is 1.92. The van der Waals surface area contributed by atoms with Crippen LogP contribution in [0.4, 0.5) is 11.4 Å². The molecular formula is C16H10ClN3O5. The molecule has 2 aromatic rings. The molecule has 0 heterocycles. The summed E-state index contributed by atoms with van der Waals surface area (Å²) in [5.74, 6) is -1.75. The Morgan fingerprint density at radius 1 is 1.28 bits per heavy atom. The minimum absolute atomic E-state index is 0.116. The molecule has 0 aliphatic rings. The van der Waals surface area contributed by atoms with Gasteiger partial charge in [0.2, 0.25) is 0 Å². The van der Waals surface area contributed by atoms with Gasteiger partial charge in [-0.25, -0.2) is 4.79 Å². The molecular weight excluding hydrogens is 350 g/mol. The Morgan fingerprint density at radius 3 is 2.68 bits per heavy atom.